The van der Waals surface area contributed by atoms with Crippen LogP contribution in [-0.4, -0.2) is 36.0 Å². The van der Waals surface area contributed by atoms with E-state index in [9.17, 15) is 8.42 Å². The fraction of sp³-hybridized carbons (Fsp3) is 0.500. The SMILES string of the molecule is N#Cc1cn[nH]c1NS(=O)(=O)N1CCCC1. The van der Waals surface area contributed by atoms with Crippen molar-refractivity contribution >= 4 is 16.0 Å². The van der Waals surface area contributed by atoms with Crippen LogP contribution in [0.4, 0.5) is 5.82 Å². The van der Waals surface area contributed by atoms with Crippen LogP contribution in [0, 0.1) is 11.3 Å². The highest BCUT2D eigenvalue weighted by Gasteiger charge is 2.26. The van der Waals surface area contributed by atoms with Crippen LogP contribution in [0.2, 0.25) is 0 Å². The van der Waals surface area contributed by atoms with E-state index in [-0.39, 0.29) is 11.4 Å². The van der Waals surface area contributed by atoms with E-state index < -0.39 is 10.2 Å². The Labute approximate surface area is 93.2 Å². The summed E-state index contributed by atoms with van der Waals surface area (Å²) >= 11 is 0. The molecule has 2 N–H and O–H groups in total. The standard InChI is InChI=1S/C8H11N5O2S/c9-5-7-6-10-11-8(7)12-16(14,15)13-3-1-2-4-13/h6H,1-4H2,(H2,10,11,12). The maximum atomic E-state index is 11.8. The lowest BCUT2D eigenvalue weighted by molar-refractivity contribution is 0.482. The normalized spacial score (nSPS) is 17.2. The van der Waals surface area contributed by atoms with E-state index in [0.29, 0.717) is 13.1 Å². The largest absolute Gasteiger partial charge is 0.302 e. The molecule has 0 aliphatic carbocycles. The van der Waals surface area contributed by atoms with Crippen LogP contribution < -0.4 is 4.72 Å². The second-order valence-electron chi connectivity index (χ2n) is 3.48. The first kappa shape index (κ1) is 10.9. The average Bonchev–Trinajstić information content (AvgIpc) is 2.86. The number of rotatable bonds is 3. The second kappa shape index (κ2) is 4.11. The molecule has 1 saturated heterocycles. The van der Waals surface area contributed by atoms with Crippen LogP contribution >= 0.6 is 0 Å². The first-order valence-corrected chi connectivity index (χ1v) is 6.29. The number of aromatic amines is 1. The van der Waals surface area contributed by atoms with Gasteiger partial charge in [-0.2, -0.15) is 23.1 Å². The number of hydrogen-bond donors (Lipinski definition) is 2. The van der Waals surface area contributed by atoms with Gasteiger partial charge in [-0.05, 0) is 12.8 Å². The molecule has 7 nitrogen and oxygen atoms in total. The summed E-state index contributed by atoms with van der Waals surface area (Å²) < 4.78 is 27.3. The van der Waals surface area contributed by atoms with E-state index in [1.807, 2.05) is 6.07 Å². The lowest BCUT2D eigenvalue weighted by Gasteiger charge is -2.15. The van der Waals surface area contributed by atoms with E-state index in [4.69, 9.17) is 5.26 Å². The molecule has 0 atom stereocenters. The number of nitriles is 1. The molecular weight excluding hydrogens is 230 g/mol. The molecule has 0 radical (unpaired) electrons. The molecule has 2 heterocycles. The summed E-state index contributed by atoms with van der Waals surface area (Å²) in [6.07, 6.45) is 3.02. The van der Waals surface area contributed by atoms with Gasteiger partial charge in [0.05, 0.1) is 6.20 Å². The molecule has 2 rings (SSSR count). The zero-order valence-corrected chi connectivity index (χ0v) is 9.29. The first-order chi connectivity index (χ1) is 7.63. The summed E-state index contributed by atoms with van der Waals surface area (Å²) in [6.45, 7) is 1.04. The Morgan fingerprint density at radius 3 is 2.81 bits per heavy atom. The number of anilines is 1. The Morgan fingerprint density at radius 2 is 2.19 bits per heavy atom. The van der Waals surface area contributed by atoms with E-state index in [1.54, 1.807) is 0 Å². The molecular formula is C8H11N5O2S. The van der Waals surface area contributed by atoms with Crippen molar-refractivity contribution < 1.29 is 8.42 Å². The van der Waals surface area contributed by atoms with Crippen LogP contribution in [0.1, 0.15) is 18.4 Å². The molecule has 0 amide bonds. The minimum Gasteiger partial charge on any atom is -0.261 e. The van der Waals surface area contributed by atoms with E-state index in [0.717, 1.165) is 12.8 Å². The Bertz CT molecular complexity index is 509. The van der Waals surface area contributed by atoms with Crippen molar-refractivity contribution in [2.45, 2.75) is 12.8 Å². The molecule has 86 valence electrons. The van der Waals surface area contributed by atoms with Crippen LogP contribution in [-0.2, 0) is 10.2 Å². The zero-order chi connectivity index (χ0) is 11.6. The van der Waals surface area contributed by atoms with E-state index >= 15 is 0 Å². The van der Waals surface area contributed by atoms with Crippen LogP contribution in [0.3, 0.4) is 0 Å². The summed E-state index contributed by atoms with van der Waals surface area (Å²) in [4.78, 5) is 0. The smallest absolute Gasteiger partial charge is 0.261 e. The molecule has 1 fully saturated rings. The molecule has 1 aliphatic rings. The summed E-state index contributed by atoms with van der Waals surface area (Å²) in [5.74, 6) is 0.120. The monoisotopic (exact) mass is 241 g/mol. The van der Waals surface area contributed by atoms with Gasteiger partial charge in [0.2, 0.25) is 0 Å². The van der Waals surface area contributed by atoms with Gasteiger partial charge in [-0.1, -0.05) is 0 Å². The third kappa shape index (κ3) is 2.00. The van der Waals surface area contributed by atoms with Gasteiger partial charge in [0.1, 0.15) is 11.6 Å². The minimum absolute atomic E-state index is 0.120. The second-order valence-corrected chi connectivity index (χ2v) is 5.15. The van der Waals surface area contributed by atoms with Gasteiger partial charge in [-0.3, -0.25) is 9.82 Å². The summed E-state index contributed by atoms with van der Waals surface area (Å²) in [7, 11) is -3.55. The van der Waals surface area contributed by atoms with Gasteiger partial charge in [0.25, 0.3) is 0 Å². The predicted molar refractivity (Wildman–Crippen MR) is 56.7 cm³/mol. The third-order valence-electron chi connectivity index (χ3n) is 2.40. The van der Waals surface area contributed by atoms with E-state index in [2.05, 4.69) is 14.9 Å². The van der Waals surface area contributed by atoms with Crippen molar-refractivity contribution in [1.29, 1.82) is 5.26 Å². The minimum atomic E-state index is -3.55. The topological polar surface area (TPSA) is 102 Å². The Kier molecular flexibility index (Phi) is 2.80. The highest BCUT2D eigenvalue weighted by molar-refractivity contribution is 7.90. The Hall–Kier alpha value is -1.59. The van der Waals surface area contributed by atoms with Crippen molar-refractivity contribution in [2.75, 3.05) is 17.8 Å². The summed E-state index contributed by atoms with van der Waals surface area (Å²) in [6, 6.07) is 1.85. The number of hydrogen-bond acceptors (Lipinski definition) is 4. The quantitative estimate of drug-likeness (QED) is 0.779. The van der Waals surface area contributed by atoms with Crippen LogP contribution in [0.5, 0.6) is 0 Å². The number of aromatic nitrogens is 2. The molecule has 0 saturated carbocycles. The van der Waals surface area contributed by atoms with Crippen molar-refractivity contribution in [1.82, 2.24) is 14.5 Å². The molecule has 1 aliphatic heterocycles. The molecule has 0 bridgehead atoms. The van der Waals surface area contributed by atoms with Gasteiger partial charge < -0.3 is 0 Å². The van der Waals surface area contributed by atoms with Gasteiger partial charge >= 0.3 is 10.2 Å². The van der Waals surface area contributed by atoms with Gasteiger partial charge in [-0.15, -0.1) is 0 Å². The molecule has 0 aromatic carbocycles. The fourth-order valence-electron chi connectivity index (χ4n) is 1.57. The highest BCUT2D eigenvalue weighted by atomic mass is 32.2. The Balaban J connectivity index is 2.18. The zero-order valence-electron chi connectivity index (χ0n) is 8.47. The van der Waals surface area contributed by atoms with E-state index in [1.165, 1.54) is 10.5 Å². The lowest BCUT2D eigenvalue weighted by Crippen LogP contribution is -2.33. The first-order valence-electron chi connectivity index (χ1n) is 4.85. The molecule has 16 heavy (non-hydrogen) atoms. The Morgan fingerprint density at radius 1 is 1.50 bits per heavy atom. The predicted octanol–water partition coefficient (Wildman–Crippen LogP) is 0.0339. The summed E-state index contributed by atoms with van der Waals surface area (Å²) in [5, 5.41) is 14.8. The van der Waals surface area contributed by atoms with Crippen molar-refractivity contribution in [3.8, 4) is 6.07 Å². The number of nitrogens with zero attached hydrogens (tertiary/aromatic N) is 3. The van der Waals surface area contributed by atoms with Crippen LogP contribution in [0.25, 0.3) is 0 Å². The highest BCUT2D eigenvalue weighted by Crippen LogP contribution is 2.17. The van der Waals surface area contributed by atoms with Gasteiger partial charge in [-0.25, -0.2) is 0 Å². The number of nitrogens with one attached hydrogen (secondary N) is 2. The maximum Gasteiger partial charge on any atom is 0.302 e. The molecule has 1 aromatic rings. The fourth-order valence-corrected chi connectivity index (χ4v) is 2.85. The molecule has 8 heteroatoms. The molecule has 0 spiro atoms. The maximum absolute atomic E-state index is 11.8. The average molecular weight is 241 g/mol. The van der Waals surface area contributed by atoms with Crippen molar-refractivity contribution in [3.05, 3.63) is 11.8 Å². The lowest BCUT2D eigenvalue weighted by atomic mass is 10.4. The van der Waals surface area contributed by atoms with Crippen molar-refractivity contribution in [3.63, 3.8) is 0 Å². The van der Waals surface area contributed by atoms with Gasteiger partial charge in [0, 0.05) is 13.1 Å². The van der Waals surface area contributed by atoms with Crippen molar-refractivity contribution in [2.24, 2.45) is 0 Å². The van der Waals surface area contributed by atoms with Crippen LogP contribution in [0.15, 0.2) is 6.20 Å². The third-order valence-corrected chi connectivity index (χ3v) is 3.90. The molecule has 1 aromatic heterocycles. The number of H-pyrrole nitrogens is 1. The summed E-state index contributed by atoms with van der Waals surface area (Å²) in [5.41, 5.74) is 0.183. The van der Waals surface area contributed by atoms with Gasteiger partial charge in [0.15, 0.2) is 5.82 Å². The molecule has 0 unspecified atom stereocenters.